The van der Waals surface area contributed by atoms with Gasteiger partial charge in [-0.25, -0.2) is 13.1 Å². The van der Waals surface area contributed by atoms with E-state index in [4.69, 9.17) is 0 Å². The van der Waals surface area contributed by atoms with Crippen LogP contribution in [0.5, 0.6) is 0 Å². The van der Waals surface area contributed by atoms with E-state index in [1.54, 1.807) is 13.8 Å². The minimum atomic E-state index is -3.38. The van der Waals surface area contributed by atoms with Gasteiger partial charge < -0.3 is 10.3 Å². The molecular formula is C11H17N3O4S. The van der Waals surface area contributed by atoms with Gasteiger partial charge in [-0.05, 0) is 6.92 Å². The second-order valence-corrected chi connectivity index (χ2v) is 5.89. The maximum Gasteiger partial charge on any atom is 0.256 e. The molecule has 1 heterocycles. The molecule has 19 heavy (non-hydrogen) atoms. The molecular weight excluding hydrogens is 270 g/mol. The fourth-order valence-electron chi connectivity index (χ4n) is 1.44. The zero-order valence-electron chi connectivity index (χ0n) is 10.8. The highest BCUT2D eigenvalue weighted by Crippen LogP contribution is 1.92. The molecule has 0 saturated heterocycles. The first-order valence-corrected chi connectivity index (χ1v) is 7.46. The van der Waals surface area contributed by atoms with Crippen LogP contribution < -0.4 is 15.5 Å². The number of hydrogen-bond donors (Lipinski definition) is 3. The smallest absolute Gasteiger partial charge is 0.256 e. The van der Waals surface area contributed by atoms with Crippen molar-refractivity contribution in [1.29, 1.82) is 0 Å². The predicted molar refractivity (Wildman–Crippen MR) is 71.6 cm³/mol. The van der Waals surface area contributed by atoms with E-state index in [1.165, 1.54) is 12.3 Å². The van der Waals surface area contributed by atoms with Gasteiger partial charge in [-0.15, -0.1) is 0 Å². The minimum Gasteiger partial charge on any atom is -0.364 e. The van der Waals surface area contributed by atoms with Crippen LogP contribution in [-0.4, -0.2) is 38.2 Å². The molecule has 0 saturated carbocycles. The summed E-state index contributed by atoms with van der Waals surface area (Å²) in [7, 11) is -3.38. The predicted octanol–water partition coefficient (Wildman–Crippen LogP) is -0.648. The Kier molecular flexibility index (Phi) is 5.25. The van der Waals surface area contributed by atoms with Gasteiger partial charge in [0.15, 0.2) is 5.43 Å². The summed E-state index contributed by atoms with van der Waals surface area (Å²) < 4.78 is 25.0. The first kappa shape index (κ1) is 15.4. The fraction of sp³-hybridized carbons (Fsp3) is 0.455. The van der Waals surface area contributed by atoms with Gasteiger partial charge in [0.1, 0.15) is 5.56 Å². The zero-order chi connectivity index (χ0) is 14.5. The van der Waals surface area contributed by atoms with E-state index in [9.17, 15) is 18.0 Å². The Morgan fingerprint density at radius 3 is 2.68 bits per heavy atom. The zero-order valence-corrected chi connectivity index (χ0v) is 11.6. The molecule has 0 atom stereocenters. The highest BCUT2D eigenvalue weighted by Gasteiger charge is 2.12. The van der Waals surface area contributed by atoms with Crippen molar-refractivity contribution in [2.45, 2.75) is 13.8 Å². The van der Waals surface area contributed by atoms with Gasteiger partial charge in [0, 0.05) is 31.0 Å². The average Bonchev–Trinajstić information content (AvgIpc) is 2.28. The Hall–Kier alpha value is -1.67. The Morgan fingerprint density at radius 1 is 1.42 bits per heavy atom. The number of H-pyrrole nitrogens is 1. The van der Waals surface area contributed by atoms with Crippen LogP contribution in [0.2, 0.25) is 0 Å². The fourth-order valence-corrected chi connectivity index (χ4v) is 2.39. The molecule has 0 fully saturated rings. The number of aromatic nitrogens is 1. The van der Waals surface area contributed by atoms with Crippen LogP contribution in [0.4, 0.5) is 0 Å². The summed E-state index contributed by atoms with van der Waals surface area (Å²) in [6.45, 7) is 3.61. The molecule has 0 aliphatic rings. The maximum atomic E-state index is 11.7. The third kappa shape index (κ3) is 4.84. The van der Waals surface area contributed by atoms with Crippen LogP contribution in [0.3, 0.4) is 0 Å². The molecule has 0 bridgehead atoms. The van der Waals surface area contributed by atoms with E-state index in [-0.39, 0.29) is 17.9 Å². The Balaban J connectivity index is 2.59. The summed E-state index contributed by atoms with van der Waals surface area (Å²) in [6, 6.07) is 1.31. The number of aryl methyl sites for hydroxylation is 1. The SMILES string of the molecule is CCNS(=O)(=O)CCNC(=O)c1c[nH]c(C)cc1=O. The number of carbonyl (C=O) groups is 1. The number of amides is 1. The van der Waals surface area contributed by atoms with Gasteiger partial charge in [0.05, 0.1) is 5.75 Å². The van der Waals surface area contributed by atoms with Crippen molar-refractivity contribution in [1.82, 2.24) is 15.0 Å². The second-order valence-electron chi connectivity index (χ2n) is 3.97. The van der Waals surface area contributed by atoms with E-state index in [0.29, 0.717) is 12.2 Å². The van der Waals surface area contributed by atoms with E-state index in [0.717, 1.165) is 0 Å². The number of aromatic amines is 1. The van der Waals surface area contributed by atoms with Crippen molar-refractivity contribution in [3.63, 3.8) is 0 Å². The second kappa shape index (κ2) is 6.48. The molecule has 0 aromatic carbocycles. The van der Waals surface area contributed by atoms with Crippen molar-refractivity contribution >= 4 is 15.9 Å². The summed E-state index contributed by atoms with van der Waals surface area (Å²) in [5.74, 6) is -0.816. The van der Waals surface area contributed by atoms with E-state index >= 15 is 0 Å². The average molecular weight is 287 g/mol. The number of pyridine rings is 1. The summed E-state index contributed by atoms with van der Waals surface area (Å²) in [5.41, 5.74) is 0.214. The lowest BCUT2D eigenvalue weighted by Gasteiger charge is -2.06. The van der Waals surface area contributed by atoms with Crippen LogP contribution in [0.25, 0.3) is 0 Å². The van der Waals surface area contributed by atoms with E-state index < -0.39 is 21.4 Å². The molecule has 0 aliphatic carbocycles. The lowest BCUT2D eigenvalue weighted by Crippen LogP contribution is -2.35. The molecule has 8 heteroatoms. The third-order valence-corrected chi connectivity index (χ3v) is 3.79. The number of hydrogen-bond acceptors (Lipinski definition) is 4. The van der Waals surface area contributed by atoms with Crippen LogP contribution in [0.15, 0.2) is 17.1 Å². The van der Waals surface area contributed by atoms with Crippen LogP contribution >= 0.6 is 0 Å². The van der Waals surface area contributed by atoms with Gasteiger partial charge in [0.25, 0.3) is 5.91 Å². The van der Waals surface area contributed by atoms with E-state index in [1.807, 2.05) is 0 Å². The quantitative estimate of drug-likeness (QED) is 0.646. The minimum absolute atomic E-state index is 0.0357. The van der Waals surface area contributed by atoms with Gasteiger partial charge in [-0.1, -0.05) is 6.92 Å². The Bertz CT molecular complexity index is 607. The van der Waals surface area contributed by atoms with Crippen LogP contribution in [-0.2, 0) is 10.0 Å². The van der Waals surface area contributed by atoms with Crippen molar-refractivity contribution in [2.24, 2.45) is 0 Å². The highest BCUT2D eigenvalue weighted by atomic mass is 32.2. The Morgan fingerprint density at radius 2 is 2.11 bits per heavy atom. The first-order valence-electron chi connectivity index (χ1n) is 5.80. The summed E-state index contributed by atoms with van der Waals surface area (Å²) in [4.78, 5) is 26.0. The molecule has 1 aromatic heterocycles. The molecule has 0 spiro atoms. The van der Waals surface area contributed by atoms with Crippen molar-refractivity contribution in [2.75, 3.05) is 18.8 Å². The largest absolute Gasteiger partial charge is 0.364 e. The number of rotatable bonds is 6. The van der Waals surface area contributed by atoms with Crippen molar-refractivity contribution in [3.05, 3.63) is 33.7 Å². The molecule has 0 unspecified atom stereocenters. The molecule has 0 radical (unpaired) electrons. The molecule has 106 valence electrons. The lowest BCUT2D eigenvalue weighted by atomic mass is 10.2. The third-order valence-electron chi connectivity index (χ3n) is 2.32. The number of sulfonamides is 1. The topological polar surface area (TPSA) is 108 Å². The summed E-state index contributed by atoms with van der Waals surface area (Å²) in [6.07, 6.45) is 1.31. The maximum absolute atomic E-state index is 11.7. The lowest BCUT2D eigenvalue weighted by molar-refractivity contribution is 0.0954. The normalized spacial score (nSPS) is 11.3. The van der Waals surface area contributed by atoms with Gasteiger partial charge in [-0.3, -0.25) is 9.59 Å². The molecule has 1 amide bonds. The number of nitrogens with one attached hydrogen (secondary N) is 3. The van der Waals surface area contributed by atoms with Crippen LogP contribution in [0.1, 0.15) is 23.0 Å². The molecule has 1 aromatic rings. The summed E-state index contributed by atoms with van der Waals surface area (Å²) in [5, 5.41) is 2.40. The molecule has 1 rings (SSSR count). The molecule has 3 N–H and O–H groups in total. The van der Waals surface area contributed by atoms with E-state index in [2.05, 4.69) is 15.0 Å². The highest BCUT2D eigenvalue weighted by molar-refractivity contribution is 7.89. The Labute approximate surface area is 111 Å². The van der Waals surface area contributed by atoms with Gasteiger partial charge >= 0.3 is 0 Å². The van der Waals surface area contributed by atoms with Gasteiger partial charge in [-0.2, -0.15) is 0 Å². The van der Waals surface area contributed by atoms with Crippen molar-refractivity contribution in [3.8, 4) is 0 Å². The summed E-state index contributed by atoms with van der Waals surface area (Å²) >= 11 is 0. The molecule has 7 nitrogen and oxygen atoms in total. The first-order chi connectivity index (χ1) is 8.85. The van der Waals surface area contributed by atoms with Gasteiger partial charge in [0.2, 0.25) is 10.0 Å². The number of carbonyl (C=O) groups excluding carboxylic acids is 1. The molecule has 0 aliphatic heterocycles. The monoisotopic (exact) mass is 287 g/mol. The van der Waals surface area contributed by atoms with Crippen LogP contribution in [0, 0.1) is 6.92 Å². The van der Waals surface area contributed by atoms with Crippen molar-refractivity contribution < 1.29 is 13.2 Å². The standard InChI is InChI=1S/C11H17N3O4S/c1-3-14-19(17,18)5-4-12-11(16)9-7-13-8(2)6-10(9)15/h6-7,14H,3-5H2,1-2H3,(H,12,16)(H,13,15).